The van der Waals surface area contributed by atoms with Crippen LogP contribution in [0.2, 0.25) is 0 Å². The summed E-state index contributed by atoms with van der Waals surface area (Å²) in [4.78, 5) is 6.32. The van der Waals surface area contributed by atoms with Crippen molar-refractivity contribution in [3.05, 3.63) is 180 Å². The Morgan fingerprint density at radius 2 is 1.03 bits per heavy atom. The number of furan rings is 1. The maximum absolute atomic E-state index is 7.22. The van der Waals surface area contributed by atoms with Gasteiger partial charge < -0.3 is 18.8 Å². The normalized spacial score (nSPS) is 13.8. The molecule has 72 heavy (non-hydrogen) atoms. The lowest BCUT2D eigenvalue weighted by molar-refractivity contribution is 0.587. The first-order valence-electron chi connectivity index (χ1n) is 25.8. The van der Waals surface area contributed by atoms with Crippen LogP contribution in [0.1, 0.15) is 105 Å². The molecule has 0 saturated heterocycles. The summed E-state index contributed by atoms with van der Waals surface area (Å²) in [6.07, 6.45) is 0. The van der Waals surface area contributed by atoms with E-state index < -0.39 is 0 Å². The second-order valence-electron chi connectivity index (χ2n) is 24.7. The van der Waals surface area contributed by atoms with Crippen molar-refractivity contribution >= 4 is 122 Å². The quantitative estimate of drug-likeness (QED) is 0.164. The molecule has 356 valence electrons. The standard InChI is InChI=1S/C66H62BN3OS/c1-63(2,3)39-23-28-43(29-24-39)68(44-30-25-40(26-31-44)64(4,5)6)45-32-34-50-53(38-45)69(52-21-16-18-47-46-33-27-41(65(7,8)9)37-56(46)71-61(47)52)54-35-42(66(10,11)12)36-55-59(54)67(50)51-20-15-19-49-58-48-17-13-14-22-57(48)72-62(58)70(55)60(49)51/h13-38H,1-12H3. The number of hydrogen-bond donors (Lipinski definition) is 0. The van der Waals surface area contributed by atoms with Gasteiger partial charge in [-0.1, -0.05) is 174 Å². The monoisotopic (exact) mass is 955 g/mol. The van der Waals surface area contributed by atoms with Crippen LogP contribution in [0.5, 0.6) is 0 Å². The summed E-state index contributed by atoms with van der Waals surface area (Å²) in [5.74, 6) is 0. The molecule has 0 unspecified atom stereocenters. The van der Waals surface area contributed by atoms with Crippen LogP contribution in [0, 0.1) is 0 Å². The first-order chi connectivity index (χ1) is 34.2. The van der Waals surface area contributed by atoms with Crippen LogP contribution in [-0.2, 0) is 21.7 Å². The molecule has 0 bridgehead atoms. The van der Waals surface area contributed by atoms with Crippen LogP contribution in [0.3, 0.4) is 0 Å². The second-order valence-corrected chi connectivity index (χ2v) is 25.7. The molecule has 0 spiro atoms. The van der Waals surface area contributed by atoms with Crippen molar-refractivity contribution in [1.82, 2.24) is 4.57 Å². The molecule has 0 N–H and O–H groups in total. The minimum atomic E-state index is -0.151. The van der Waals surface area contributed by atoms with E-state index in [1.165, 1.54) is 81.2 Å². The Hall–Kier alpha value is -7.02. The topological polar surface area (TPSA) is 24.6 Å². The van der Waals surface area contributed by atoms with Crippen LogP contribution < -0.4 is 26.2 Å². The maximum atomic E-state index is 7.22. The summed E-state index contributed by atoms with van der Waals surface area (Å²) in [7, 11) is 0. The predicted molar refractivity (Wildman–Crippen MR) is 312 cm³/mol. The number of anilines is 6. The molecule has 0 atom stereocenters. The van der Waals surface area contributed by atoms with Crippen LogP contribution >= 0.6 is 11.3 Å². The summed E-state index contributed by atoms with van der Waals surface area (Å²) < 4.78 is 11.2. The van der Waals surface area contributed by atoms with Gasteiger partial charge in [-0.25, -0.2) is 0 Å². The third kappa shape index (κ3) is 6.70. The Morgan fingerprint density at radius 3 is 1.69 bits per heavy atom. The van der Waals surface area contributed by atoms with Gasteiger partial charge in [-0.3, -0.25) is 0 Å². The zero-order chi connectivity index (χ0) is 50.0. The molecule has 13 rings (SSSR count). The molecule has 0 radical (unpaired) electrons. The highest BCUT2D eigenvalue weighted by Crippen LogP contribution is 2.50. The van der Waals surface area contributed by atoms with Gasteiger partial charge in [-0.15, -0.1) is 11.3 Å². The van der Waals surface area contributed by atoms with E-state index in [0.717, 1.165) is 50.4 Å². The summed E-state index contributed by atoms with van der Waals surface area (Å²) in [6, 6.07) is 60.3. The highest BCUT2D eigenvalue weighted by Gasteiger charge is 2.44. The maximum Gasteiger partial charge on any atom is 0.252 e. The van der Waals surface area contributed by atoms with E-state index >= 15 is 0 Å². The number of hydrogen-bond acceptors (Lipinski definition) is 4. The Bertz CT molecular complexity index is 3970. The molecule has 4 nitrogen and oxygen atoms in total. The minimum absolute atomic E-state index is 0.0221. The largest absolute Gasteiger partial charge is 0.454 e. The average molecular weight is 956 g/mol. The Kier molecular flexibility index (Phi) is 9.51. The fraction of sp³-hybridized carbons (Fsp3) is 0.242. The molecule has 0 aliphatic carbocycles. The van der Waals surface area contributed by atoms with Crippen LogP contribution in [0.25, 0.3) is 58.8 Å². The predicted octanol–water partition coefficient (Wildman–Crippen LogP) is 17.2. The molecular formula is C66H62BN3OS. The van der Waals surface area contributed by atoms with Crippen molar-refractivity contribution in [2.24, 2.45) is 0 Å². The molecule has 2 aliphatic rings. The number of para-hydroxylation sites is 2. The molecule has 2 aliphatic heterocycles. The molecule has 0 fully saturated rings. The molecule has 8 aromatic carbocycles. The van der Waals surface area contributed by atoms with Crippen molar-refractivity contribution < 1.29 is 4.42 Å². The van der Waals surface area contributed by atoms with Gasteiger partial charge in [0.25, 0.3) is 6.71 Å². The lowest BCUT2D eigenvalue weighted by Gasteiger charge is -2.42. The molecule has 3 aromatic heterocycles. The smallest absolute Gasteiger partial charge is 0.252 e. The van der Waals surface area contributed by atoms with Crippen molar-refractivity contribution in [2.75, 3.05) is 9.80 Å². The van der Waals surface area contributed by atoms with Gasteiger partial charge in [0.1, 0.15) is 10.4 Å². The molecule has 5 heterocycles. The van der Waals surface area contributed by atoms with E-state index in [-0.39, 0.29) is 28.4 Å². The van der Waals surface area contributed by atoms with E-state index in [1.54, 1.807) is 0 Å². The van der Waals surface area contributed by atoms with Crippen LogP contribution in [-0.4, -0.2) is 11.3 Å². The number of rotatable bonds is 4. The molecule has 0 saturated carbocycles. The van der Waals surface area contributed by atoms with E-state index in [1.807, 2.05) is 11.3 Å². The average Bonchev–Trinajstić information content (AvgIpc) is 4.01. The van der Waals surface area contributed by atoms with E-state index in [2.05, 4.69) is 255 Å². The molecule has 11 aromatic rings. The van der Waals surface area contributed by atoms with Gasteiger partial charge in [0.15, 0.2) is 5.58 Å². The van der Waals surface area contributed by atoms with E-state index in [0.29, 0.717) is 0 Å². The molecule has 6 heteroatoms. The van der Waals surface area contributed by atoms with Gasteiger partial charge in [-0.2, -0.15) is 0 Å². The number of nitrogens with zero attached hydrogens (tertiary/aromatic N) is 3. The Morgan fingerprint density at radius 1 is 0.444 bits per heavy atom. The summed E-state index contributed by atoms with van der Waals surface area (Å²) >= 11 is 1.91. The number of thiophene rings is 1. The fourth-order valence-electron chi connectivity index (χ4n) is 11.8. The number of fused-ring (bicyclic) bond motifs is 12. The second kappa shape index (κ2) is 15.3. The third-order valence-electron chi connectivity index (χ3n) is 15.8. The number of aromatic nitrogens is 1. The van der Waals surface area contributed by atoms with Crippen LogP contribution in [0.4, 0.5) is 34.1 Å². The fourth-order valence-corrected chi connectivity index (χ4v) is 13.1. The molecular weight excluding hydrogens is 894 g/mol. The lowest BCUT2D eigenvalue weighted by atomic mass is 9.33. The van der Waals surface area contributed by atoms with Gasteiger partial charge >= 0.3 is 0 Å². The van der Waals surface area contributed by atoms with Gasteiger partial charge in [0, 0.05) is 65.8 Å². The zero-order valence-electron chi connectivity index (χ0n) is 43.7. The SMILES string of the molecule is CC(C)(C)c1ccc(N(c2ccc(C(C)(C)C)cc2)c2ccc3c(c2)N(c2cccc4c2oc2cc(C(C)(C)C)ccc24)c2cc(C(C)(C)C)cc4c2B3c2cccc3c5c6ccccc6sc5n-4c23)cc1. The first-order valence-corrected chi connectivity index (χ1v) is 26.6. The summed E-state index contributed by atoms with van der Waals surface area (Å²) in [6.45, 7) is 27.6. The highest BCUT2D eigenvalue weighted by molar-refractivity contribution is 7.26. The van der Waals surface area contributed by atoms with Gasteiger partial charge in [0.05, 0.1) is 11.2 Å². The highest BCUT2D eigenvalue weighted by atomic mass is 32.1. The van der Waals surface area contributed by atoms with Gasteiger partial charge in [-0.05, 0) is 127 Å². The third-order valence-corrected chi connectivity index (χ3v) is 17.0. The minimum Gasteiger partial charge on any atom is -0.454 e. The van der Waals surface area contributed by atoms with Crippen molar-refractivity contribution in [3.63, 3.8) is 0 Å². The van der Waals surface area contributed by atoms with Crippen molar-refractivity contribution in [3.8, 4) is 5.69 Å². The number of benzene rings is 8. The van der Waals surface area contributed by atoms with E-state index in [4.69, 9.17) is 4.42 Å². The summed E-state index contributed by atoms with van der Waals surface area (Å²) in [5, 5.41) is 6.24. The Labute approximate surface area is 428 Å². The first kappa shape index (κ1) is 44.9. The summed E-state index contributed by atoms with van der Waals surface area (Å²) in [5.41, 5.74) is 20.1. The Balaban J connectivity index is 1.14. The molecule has 0 amide bonds. The van der Waals surface area contributed by atoms with Gasteiger partial charge in [0.2, 0.25) is 0 Å². The van der Waals surface area contributed by atoms with E-state index in [9.17, 15) is 0 Å². The van der Waals surface area contributed by atoms with Crippen LogP contribution in [0.15, 0.2) is 162 Å². The van der Waals surface area contributed by atoms with Crippen molar-refractivity contribution in [1.29, 1.82) is 0 Å². The zero-order valence-corrected chi connectivity index (χ0v) is 44.6. The lowest BCUT2D eigenvalue weighted by Crippen LogP contribution is -2.60. The van der Waals surface area contributed by atoms with Crippen molar-refractivity contribution in [2.45, 2.75) is 105 Å².